The highest BCUT2D eigenvalue weighted by Gasteiger charge is 2.11. The minimum Gasteiger partial charge on any atom is -0.274 e. The van der Waals surface area contributed by atoms with Gasteiger partial charge in [-0.05, 0) is 0 Å². The lowest BCUT2D eigenvalue weighted by Crippen LogP contribution is -2.47. The standard InChI is InChI=1S/C7H13N3.H4N2/c1-9(2)10(8)7-5-3-4-6-7;1-2/h3-7H,8H2,1-2H3;1-2H2. The summed E-state index contributed by atoms with van der Waals surface area (Å²) in [5, 5.41) is 3.52. The molecular weight excluding hydrogens is 154 g/mol. The molecule has 0 heterocycles. The number of rotatable bonds is 2. The Morgan fingerprint density at radius 2 is 1.50 bits per heavy atom. The Labute approximate surface area is 73.0 Å². The van der Waals surface area contributed by atoms with E-state index in [9.17, 15) is 0 Å². The van der Waals surface area contributed by atoms with E-state index in [-0.39, 0.29) is 6.04 Å². The van der Waals surface area contributed by atoms with Crippen LogP contribution in [0.3, 0.4) is 0 Å². The van der Waals surface area contributed by atoms with Crippen LogP contribution >= 0.6 is 0 Å². The lowest BCUT2D eigenvalue weighted by atomic mass is 10.3. The largest absolute Gasteiger partial charge is 0.274 e. The van der Waals surface area contributed by atoms with Crippen LogP contribution in [0.2, 0.25) is 0 Å². The van der Waals surface area contributed by atoms with E-state index in [4.69, 9.17) is 5.84 Å². The fourth-order valence-electron chi connectivity index (χ4n) is 0.863. The van der Waals surface area contributed by atoms with Crippen molar-refractivity contribution in [2.24, 2.45) is 17.5 Å². The van der Waals surface area contributed by atoms with Gasteiger partial charge in [-0.2, -0.15) is 5.12 Å². The second-order valence-corrected chi connectivity index (χ2v) is 2.49. The summed E-state index contributed by atoms with van der Waals surface area (Å²) in [6.45, 7) is 0. The molecule has 0 amide bonds. The first-order valence-corrected chi connectivity index (χ1v) is 3.61. The molecular formula is C7H17N5. The van der Waals surface area contributed by atoms with Gasteiger partial charge in [-0.1, -0.05) is 24.3 Å². The third kappa shape index (κ3) is 3.12. The van der Waals surface area contributed by atoms with Gasteiger partial charge >= 0.3 is 0 Å². The average Bonchev–Trinajstić information content (AvgIpc) is 2.58. The van der Waals surface area contributed by atoms with Gasteiger partial charge in [0.25, 0.3) is 0 Å². The van der Waals surface area contributed by atoms with Crippen LogP contribution in [0.5, 0.6) is 0 Å². The first-order chi connectivity index (χ1) is 5.72. The minimum absolute atomic E-state index is 0.231. The number of nitrogens with zero attached hydrogens (tertiary/aromatic N) is 2. The summed E-state index contributed by atoms with van der Waals surface area (Å²) in [6.07, 6.45) is 8.07. The van der Waals surface area contributed by atoms with Crippen molar-refractivity contribution in [1.29, 1.82) is 0 Å². The van der Waals surface area contributed by atoms with Crippen LogP contribution < -0.4 is 17.5 Å². The van der Waals surface area contributed by atoms with E-state index in [1.807, 2.05) is 43.4 Å². The van der Waals surface area contributed by atoms with Gasteiger partial charge in [0.1, 0.15) is 0 Å². The van der Waals surface area contributed by atoms with E-state index in [2.05, 4.69) is 11.7 Å². The second kappa shape index (κ2) is 5.87. The molecule has 0 aliphatic heterocycles. The molecule has 0 saturated carbocycles. The summed E-state index contributed by atoms with van der Waals surface area (Å²) < 4.78 is 0. The normalized spacial score (nSPS) is 15.6. The molecule has 0 aromatic heterocycles. The van der Waals surface area contributed by atoms with Gasteiger partial charge in [0.2, 0.25) is 0 Å². The lowest BCUT2D eigenvalue weighted by Gasteiger charge is -2.27. The van der Waals surface area contributed by atoms with Crippen LogP contribution in [0.15, 0.2) is 24.3 Å². The highest BCUT2D eigenvalue weighted by molar-refractivity contribution is 5.20. The summed E-state index contributed by atoms with van der Waals surface area (Å²) >= 11 is 0. The lowest BCUT2D eigenvalue weighted by molar-refractivity contribution is 0.0137. The molecule has 5 nitrogen and oxygen atoms in total. The first-order valence-electron chi connectivity index (χ1n) is 3.61. The van der Waals surface area contributed by atoms with Crippen LogP contribution in [-0.4, -0.2) is 30.3 Å². The second-order valence-electron chi connectivity index (χ2n) is 2.49. The topological polar surface area (TPSA) is 84.5 Å². The van der Waals surface area contributed by atoms with E-state index in [0.29, 0.717) is 0 Å². The van der Waals surface area contributed by atoms with Crippen LogP contribution in [0.4, 0.5) is 0 Å². The quantitative estimate of drug-likeness (QED) is 0.365. The number of nitrogens with two attached hydrogens (primary N) is 3. The van der Waals surface area contributed by atoms with Gasteiger partial charge in [-0.3, -0.25) is 17.5 Å². The Morgan fingerprint density at radius 3 is 1.83 bits per heavy atom. The Kier molecular flexibility index (Phi) is 5.52. The molecule has 0 saturated heterocycles. The maximum absolute atomic E-state index is 5.68. The van der Waals surface area contributed by atoms with Gasteiger partial charge in [0.05, 0.1) is 6.04 Å². The van der Waals surface area contributed by atoms with Gasteiger partial charge in [-0.15, -0.1) is 0 Å². The van der Waals surface area contributed by atoms with Crippen molar-refractivity contribution in [2.75, 3.05) is 14.1 Å². The Hall–Kier alpha value is -0.720. The van der Waals surface area contributed by atoms with Crippen molar-refractivity contribution in [3.63, 3.8) is 0 Å². The highest BCUT2D eigenvalue weighted by Crippen LogP contribution is 2.05. The predicted molar refractivity (Wildman–Crippen MR) is 50.2 cm³/mol. The Bertz CT molecular complexity index is 151. The van der Waals surface area contributed by atoms with Crippen LogP contribution in [0.1, 0.15) is 0 Å². The molecule has 0 atom stereocenters. The van der Waals surface area contributed by atoms with E-state index in [0.717, 1.165) is 0 Å². The smallest absolute Gasteiger partial charge is 0.0766 e. The predicted octanol–water partition coefficient (Wildman–Crippen LogP) is -1.05. The monoisotopic (exact) mass is 171 g/mol. The molecule has 0 aromatic carbocycles. The molecule has 5 heteroatoms. The molecule has 0 fully saturated rings. The molecule has 0 unspecified atom stereocenters. The summed E-state index contributed by atoms with van der Waals surface area (Å²) in [7, 11) is 3.83. The molecule has 0 spiro atoms. The average molecular weight is 171 g/mol. The van der Waals surface area contributed by atoms with Crippen LogP contribution in [-0.2, 0) is 0 Å². The number of hydrogen-bond donors (Lipinski definition) is 3. The van der Waals surface area contributed by atoms with Gasteiger partial charge in [0.15, 0.2) is 0 Å². The van der Waals surface area contributed by atoms with Crippen molar-refractivity contribution in [3.05, 3.63) is 24.3 Å². The molecule has 1 rings (SSSR count). The minimum atomic E-state index is 0.231. The molecule has 1 aliphatic rings. The maximum Gasteiger partial charge on any atom is 0.0766 e. The summed E-state index contributed by atoms with van der Waals surface area (Å²) in [5.74, 6) is 13.7. The maximum atomic E-state index is 5.68. The summed E-state index contributed by atoms with van der Waals surface area (Å²) in [6, 6.07) is 0.231. The number of hydrogen-bond acceptors (Lipinski definition) is 5. The summed E-state index contributed by atoms with van der Waals surface area (Å²) in [4.78, 5) is 0. The third-order valence-electron chi connectivity index (χ3n) is 1.50. The number of allylic oxidation sites excluding steroid dienone is 2. The van der Waals surface area contributed by atoms with Gasteiger partial charge < -0.3 is 0 Å². The third-order valence-corrected chi connectivity index (χ3v) is 1.50. The molecule has 0 bridgehead atoms. The van der Waals surface area contributed by atoms with Crippen LogP contribution in [0, 0.1) is 0 Å². The van der Waals surface area contributed by atoms with Crippen molar-refractivity contribution >= 4 is 0 Å². The molecule has 70 valence electrons. The molecule has 6 N–H and O–H groups in total. The van der Waals surface area contributed by atoms with E-state index in [1.54, 1.807) is 5.12 Å². The molecule has 0 aromatic rings. The first kappa shape index (κ1) is 11.3. The zero-order chi connectivity index (χ0) is 9.56. The van der Waals surface area contributed by atoms with E-state index < -0.39 is 0 Å². The van der Waals surface area contributed by atoms with Crippen molar-refractivity contribution in [1.82, 2.24) is 10.1 Å². The van der Waals surface area contributed by atoms with Crippen molar-refractivity contribution in [3.8, 4) is 0 Å². The van der Waals surface area contributed by atoms with E-state index >= 15 is 0 Å². The Balaban J connectivity index is 0.000000561. The zero-order valence-corrected chi connectivity index (χ0v) is 7.51. The van der Waals surface area contributed by atoms with E-state index in [1.165, 1.54) is 0 Å². The Morgan fingerprint density at radius 1 is 1.08 bits per heavy atom. The van der Waals surface area contributed by atoms with Crippen molar-refractivity contribution in [2.45, 2.75) is 6.04 Å². The molecule has 1 aliphatic carbocycles. The van der Waals surface area contributed by atoms with Crippen molar-refractivity contribution < 1.29 is 0 Å². The zero-order valence-electron chi connectivity index (χ0n) is 7.51. The fourth-order valence-corrected chi connectivity index (χ4v) is 0.863. The summed E-state index contributed by atoms with van der Waals surface area (Å²) in [5.41, 5.74) is 0. The highest BCUT2D eigenvalue weighted by atomic mass is 15.7. The fraction of sp³-hybridized carbons (Fsp3) is 0.429. The van der Waals surface area contributed by atoms with Gasteiger partial charge in [0, 0.05) is 14.1 Å². The SMILES string of the molecule is CN(C)N(N)C1C=CC=C1.NN. The molecule has 0 radical (unpaired) electrons. The van der Waals surface area contributed by atoms with Gasteiger partial charge in [-0.25, -0.2) is 5.01 Å². The molecule has 12 heavy (non-hydrogen) atoms. The van der Waals surface area contributed by atoms with Crippen LogP contribution in [0.25, 0.3) is 0 Å². The number of hydrazine groups is 3.